The minimum atomic E-state index is -0.942. The van der Waals surface area contributed by atoms with Crippen LogP contribution < -0.4 is 21.1 Å². The van der Waals surface area contributed by atoms with Crippen molar-refractivity contribution < 1.29 is 29.0 Å². The van der Waals surface area contributed by atoms with Crippen LogP contribution in [-0.2, 0) is 9.53 Å². The summed E-state index contributed by atoms with van der Waals surface area (Å²) >= 11 is 0. The maximum atomic E-state index is 12.7. The molecule has 0 saturated heterocycles. The standard InChI is InChI=1S/C28H29N3O6/c1-19(14-15-25(33)30-24-13-6-5-12-23(24)29)26(21-10-7-11-22(18-21)36-17-16-32)37-28(35)31-27(34)20-8-3-2-4-9-20/h2-15,18-19,26,32H,16-17,29H2,1H3,(H,30,33)(H,31,34,35)/b15-14+/t19-,26+/m0/s1. The summed E-state index contributed by atoms with van der Waals surface area (Å²) in [6.45, 7) is 1.70. The fourth-order valence-corrected chi connectivity index (χ4v) is 3.45. The first-order valence-electron chi connectivity index (χ1n) is 11.6. The predicted octanol–water partition coefficient (Wildman–Crippen LogP) is 4.08. The van der Waals surface area contributed by atoms with Crippen LogP contribution in [0.3, 0.4) is 0 Å². The van der Waals surface area contributed by atoms with Gasteiger partial charge in [-0.2, -0.15) is 0 Å². The highest BCUT2D eigenvalue weighted by atomic mass is 16.6. The second kappa shape index (κ2) is 13.5. The summed E-state index contributed by atoms with van der Waals surface area (Å²) in [5.41, 5.74) is 7.66. The molecule has 0 heterocycles. The van der Waals surface area contributed by atoms with Crippen molar-refractivity contribution in [3.63, 3.8) is 0 Å². The highest BCUT2D eigenvalue weighted by molar-refractivity contribution is 6.03. The molecule has 5 N–H and O–H groups in total. The number of carbonyl (C=O) groups excluding carboxylic acids is 3. The summed E-state index contributed by atoms with van der Waals surface area (Å²) in [4.78, 5) is 37.5. The number of anilines is 2. The molecule has 9 nitrogen and oxygen atoms in total. The van der Waals surface area contributed by atoms with Crippen LogP contribution in [0.15, 0.2) is 91.0 Å². The highest BCUT2D eigenvalue weighted by Crippen LogP contribution is 2.30. The monoisotopic (exact) mass is 503 g/mol. The van der Waals surface area contributed by atoms with Gasteiger partial charge in [-0.25, -0.2) is 4.79 Å². The van der Waals surface area contributed by atoms with Gasteiger partial charge in [-0.3, -0.25) is 14.9 Å². The number of aliphatic hydroxyl groups excluding tert-OH is 1. The third-order valence-corrected chi connectivity index (χ3v) is 5.28. The van der Waals surface area contributed by atoms with Crippen molar-refractivity contribution in [2.45, 2.75) is 13.0 Å². The normalized spacial score (nSPS) is 12.4. The average molecular weight is 504 g/mol. The van der Waals surface area contributed by atoms with Crippen molar-refractivity contribution in [1.82, 2.24) is 5.32 Å². The zero-order valence-corrected chi connectivity index (χ0v) is 20.3. The lowest BCUT2D eigenvalue weighted by Gasteiger charge is -2.23. The van der Waals surface area contributed by atoms with E-state index < -0.39 is 29.9 Å². The van der Waals surface area contributed by atoms with Crippen molar-refractivity contribution in [1.29, 1.82) is 0 Å². The molecular formula is C28H29N3O6. The SMILES string of the molecule is C[C@@H](/C=C/C(=O)Nc1ccccc1N)[C@@H](OC(=O)NC(=O)c1ccccc1)c1cccc(OCCO)c1. The number of para-hydroxylation sites is 2. The first-order chi connectivity index (χ1) is 17.9. The average Bonchev–Trinajstić information content (AvgIpc) is 2.91. The van der Waals surface area contributed by atoms with Gasteiger partial charge in [-0.1, -0.05) is 55.5 Å². The van der Waals surface area contributed by atoms with Crippen LogP contribution in [0.2, 0.25) is 0 Å². The van der Waals surface area contributed by atoms with Crippen LogP contribution >= 0.6 is 0 Å². The number of nitrogens with one attached hydrogen (secondary N) is 2. The van der Waals surface area contributed by atoms with Gasteiger partial charge in [0.2, 0.25) is 5.91 Å². The van der Waals surface area contributed by atoms with E-state index >= 15 is 0 Å². The van der Waals surface area contributed by atoms with Gasteiger partial charge in [0, 0.05) is 11.5 Å². The molecule has 0 radical (unpaired) electrons. The van der Waals surface area contributed by atoms with E-state index in [-0.39, 0.29) is 13.2 Å². The Bertz CT molecular complexity index is 1250. The maximum Gasteiger partial charge on any atom is 0.414 e. The Balaban J connectivity index is 1.77. The first-order valence-corrected chi connectivity index (χ1v) is 11.6. The summed E-state index contributed by atoms with van der Waals surface area (Å²) in [7, 11) is 0. The number of ether oxygens (including phenoxy) is 2. The van der Waals surface area contributed by atoms with E-state index in [9.17, 15) is 14.4 Å². The molecule has 0 spiro atoms. The number of aliphatic hydroxyl groups is 1. The quantitative estimate of drug-likeness (QED) is 0.241. The lowest BCUT2D eigenvalue weighted by molar-refractivity contribution is -0.111. The number of imide groups is 1. The Morgan fingerprint density at radius 3 is 2.46 bits per heavy atom. The molecule has 3 rings (SSSR count). The summed E-state index contributed by atoms with van der Waals surface area (Å²) < 4.78 is 11.1. The number of alkyl carbamates (subject to hydrolysis) is 1. The number of amides is 3. The van der Waals surface area contributed by atoms with E-state index in [1.54, 1.807) is 91.9 Å². The molecule has 0 fully saturated rings. The molecule has 0 bridgehead atoms. The fourth-order valence-electron chi connectivity index (χ4n) is 3.45. The number of rotatable bonds is 10. The number of nitrogen functional groups attached to an aromatic ring is 1. The van der Waals surface area contributed by atoms with Gasteiger partial charge in [-0.05, 0) is 48.0 Å². The van der Waals surface area contributed by atoms with E-state index in [1.807, 2.05) is 0 Å². The van der Waals surface area contributed by atoms with Gasteiger partial charge in [0.05, 0.1) is 18.0 Å². The molecule has 37 heavy (non-hydrogen) atoms. The Morgan fingerprint density at radius 2 is 1.73 bits per heavy atom. The molecule has 9 heteroatoms. The van der Waals surface area contributed by atoms with Crippen molar-refractivity contribution in [2.75, 3.05) is 24.3 Å². The molecule has 2 atom stereocenters. The molecule has 0 aliphatic carbocycles. The third kappa shape index (κ3) is 8.22. The number of hydrogen-bond donors (Lipinski definition) is 4. The zero-order valence-electron chi connectivity index (χ0n) is 20.3. The molecular weight excluding hydrogens is 474 g/mol. The van der Waals surface area contributed by atoms with Gasteiger partial charge in [0.25, 0.3) is 5.91 Å². The van der Waals surface area contributed by atoms with Gasteiger partial charge in [0.15, 0.2) is 0 Å². The molecule has 3 aromatic rings. The lowest BCUT2D eigenvalue weighted by Crippen LogP contribution is -2.33. The molecule has 0 aromatic heterocycles. The smallest absolute Gasteiger partial charge is 0.414 e. The summed E-state index contributed by atoms with van der Waals surface area (Å²) in [5, 5.41) is 14.0. The van der Waals surface area contributed by atoms with Gasteiger partial charge < -0.3 is 25.6 Å². The largest absolute Gasteiger partial charge is 0.491 e. The molecule has 3 amide bonds. The molecule has 0 aliphatic rings. The molecule has 0 aliphatic heterocycles. The van der Waals surface area contributed by atoms with Crippen molar-refractivity contribution in [2.24, 2.45) is 5.92 Å². The Morgan fingerprint density at radius 1 is 1.00 bits per heavy atom. The zero-order chi connectivity index (χ0) is 26.6. The third-order valence-electron chi connectivity index (χ3n) is 5.28. The van der Waals surface area contributed by atoms with Gasteiger partial charge >= 0.3 is 6.09 Å². The van der Waals surface area contributed by atoms with Crippen molar-refractivity contribution >= 4 is 29.3 Å². The summed E-state index contributed by atoms with van der Waals surface area (Å²) in [5.74, 6) is -1.03. The number of benzene rings is 3. The van der Waals surface area contributed by atoms with Gasteiger partial charge in [-0.15, -0.1) is 0 Å². The van der Waals surface area contributed by atoms with E-state index in [2.05, 4.69) is 10.6 Å². The van der Waals surface area contributed by atoms with E-state index in [1.165, 1.54) is 6.08 Å². The first kappa shape index (κ1) is 27.0. The van der Waals surface area contributed by atoms with E-state index in [0.717, 1.165) is 0 Å². The van der Waals surface area contributed by atoms with Crippen LogP contribution in [-0.4, -0.2) is 36.2 Å². The topological polar surface area (TPSA) is 140 Å². The van der Waals surface area contributed by atoms with Crippen molar-refractivity contribution in [3.8, 4) is 5.75 Å². The van der Waals surface area contributed by atoms with Crippen LogP contribution in [0.1, 0.15) is 28.9 Å². The number of hydrogen-bond acceptors (Lipinski definition) is 7. The molecule has 0 saturated carbocycles. The van der Waals surface area contributed by atoms with Crippen LogP contribution in [0, 0.1) is 5.92 Å². The summed E-state index contributed by atoms with van der Waals surface area (Å²) in [6.07, 6.45) is 1.11. The number of nitrogens with two attached hydrogens (primary N) is 1. The maximum absolute atomic E-state index is 12.7. The van der Waals surface area contributed by atoms with Crippen LogP contribution in [0.25, 0.3) is 0 Å². The lowest BCUT2D eigenvalue weighted by atomic mass is 9.96. The second-order valence-electron chi connectivity index (χ2n) is 8.09. The van der Waals surface area contributed by atoms with Crippen LogP contribution in [0.5, 0.6) is 5.75 Å². The van der Waals surface area contributed by atoms with E-state index in [4.69, 9.17) is 20.3 Å². The molecule has 192 valence electrons. The van der Waals surface area contributed by atoms with Crippen molar-refractivity contribution in [3.05, 3.63) is 102 Å². The van der Waals surface area contributed by atoms with E-state index in [0.29, 0.717) is 28.3 Å². The minimum Gasteiger partial charge on any atom is -0.491 e. The summed E-state index contributed by atoms with van der Waals surface area (Å²) in [6, 6.07) is 22.0. The Labute approximate surface area is 214 Å². The Hall–Kier alpha value is -4.63. The Kier molecular flexibility index (Phi) is 9.81. The van der Waals surface area contributed by atoms with Gasteiger partial charge in [0.1, 0.15) is 18.5 Å². The minimum absolute atomic E-state index is 0.0965. The second-order valence-corrected chi connectivity index (χ2v) is 8.09. The van der Waals surface area contributed by atoms with Crippen LogP contribution in [0.4, 0.5) is 16.2 Å². The fraction of sp³-hybridized carbons (Fsp3) is 0.179. The highest BCUT2D eigenvalue weighted by Gasteiger charge is 2.24. The molecule has 3 aromatic carbocycles. The molecule has 0 unspecified atom stereocenters. The predicted molar refractivity (Wildman–Crippen MR) is 140 cm³/mol. The number of carbonyl (C=O) groups is 3.